The average molecular weight is 432 g/mol. The predicted octanol–water partition coefficient (Wildman–Crippen LogP) is 1.00. The molecule has 156 valence electrons. The summed E-state index contributed by atoms with van der Waals surface area (Å²) in [6.45, 7) is 0.347. The van der Waals surface area contributed by atoms with Crippen LogP contribution in [0.4, 0.5) is 14.9 Å². The number of amides is 4. The lowest BCUT2D eigenvalue weighted by molar-refractivity contribution is -0.128. The smallest absolute Gasteiger partial charge is 0.324 e. The van der Waals surface area contributed by atoms with Gasteiger partial charge in [0.25, 0.3) is 15.9 Å². The maximum atomic E-state index is 13.8. The molecule has 4 rings (SSSR count). The second-order valence-electron chi connectivity index (χ2n) is 6.90. The van der Waals surface area contributed by atoms with Crippen molar-refractivity contribution in [3.05, 3.63) is 59.9 Å². The highest BCUT2D eigenvalue weighted by Gasteiger charge is 2.43. The molecule has 2 fully saturated rings. The highest BCUT2D eigenvalue weighted by atomic mass is 32.2. The normalized spacial score (nSPS) is 17.0. The first-order chi connectivity index (χ1) is 14.3. The summed E-state index contributed by atoms with van der Waals surface area (Å²) in [5, 5.41) is 2.43. The number of hydrogen-bond donors (Lipinski definition) is 2. The Morgan fingerprint density at radius 2 is 1.83 bits per heavy atom. The van der Waals surface area contributed by atoms with Gasteiger partial charge in [-0.1, -0.05) is 18.2 Å². The third-order valence-electron chi connectivity index (χ3n) is 4.88. The molecule has 2 aromatic rings. The summed E-state index contributed by atoms with van der Waals surface area (Å²) in [7, 11) is -4.17. The van der Waals surface area contributed by atoms with E-state index in [2.05, 4.69) is 10.0 Å². The Bertz CT molecular complexity index is 1130. The molecule has 0 spiro atoms. The molecule has 0 unspecified atom stereocenters. The van der Waals surface area contributed by atoms with Crippen molar-refractivity contribution < 1.29 is 27.2 Å². The van der Waals surface area contributed by atoms with Gasteiger partial charge in [-0.3, -0.25) is 19.2 Å². The highest BCUT2D eigenvalue weighted by molar-refractivity contribution is 7.92. The SMILES string of the molecule is O=C(c1cccc(NS(=O)(=O)c2ccccc2F)c1)N1CC(N2C(=O)CNC2=O)C1. The molecule has 2 aromatic carbocycles. The molecule has 2 saturated heterocycles. The summed E-state index contributed by atoms with van der Waals surface area (Å²) < 4.78 is 41.0. The van der Waals surface area contributed by atoms with Crippen molar-refractivity contribution >= 4 is 33.6 Å². The summed E-state index contributed by atoms with van der Waals surface area (Å²) in [5.41, 5.74) is 0.328. The van der Waals surface area contributed by atoms with Crippen molar-refractivity contribution in [2.75, 3.05) is 24.4 Å². The summed E-state index contributed by atoms with van der Waals surface area (Å²) in [5.74, 6) is -1.59. The Balaban J connectivity index is 1.45. The number of benzene rings is 2. The molecule has 9 nitrogen and oxygen atoms in total. The van der Waals surface area contributed by atoms with Gasteiger partial charge in [-0.25, -0.2) is 17.6 Å². The van der Waals surface area contributed by atoms with Crippen LogP contribution in [-0.2, 0) is 14.8 Å². The number of likely N-dealkylation sites (tertiary alicyclic amines) is 1. The molecule has 0 radical (unpaired) electrons. The van der Waals surface area contributed by atoms with Crippen LogP contribution in [0.1, 0.15) is 10.4 Å². The van der Waals surface area contributed by atoms with Gasteiger partial charge in [-0.05, 0) is 30.3 Å². The number of nitrogens with one attached hydrogen (secondary N) is 2. The molecule has 30 heavy (non-hydrogen) atoms. The molecule has 2 aliphatic rings. The zero-order valence-corrected chi connectivity index (χ0v) is 16.4. The first-order valence-corrected chi connectivity index (χ1v) is 10.5. The molecule has 11 heteroatoms. The van der Waals surface area contributed by atoms with Crippen molar-refractivity contribution in [3.63, 3.8) is 0 Å². The van der Waals surface area contributed by atoms with E-state index in [9.17, 15) is 27.2 Å². The number of rotatable bonds is 5. The van der Waals surface area contributed by atoms with Crippen LogP contribution in [0.5, 0.6) is 0 Å². The van der Waals surface area contributed by atoms with Crippen LogP contribution in [0.15, 0.2) is 53.4 Å². The van der Waals surface area contributed by atoms with Crippen molar-refractivity contribution in [2.24, 2.45) is 0 Å². The van der Waals surface area contributed by atoms with Gasteiger partial charge in [-0.2, -0.15) is 0 Å². The van der Waals surface area contributed by atoms with Crippen LogP contribution in [0.25, 0.3) is 0 Å². The second kappa shape index (κ2) is 7.41. The van der Waals surface area contributed by atoms with E-state index < -0.39 is 26.8 Å². The molecule has 2 aliphatic heterocycles. The minimum atomic E-state index is -4.17. The lowest BCUT2D eigenvalue weighted by Crippen LogP contribution is -2.62. The fourth-order valence-corrected chi connectivity index (χ4v) is 4.49. The van der Waals surface area contributed by atoms with Gasteiger partial charge in [0.15, 0.2) is 0 Å². The minimum Gasteiger partial charge on any atom is -0.334 e. The highest BCUT2D eigenvalue weighted by Crippen LogP contribution is 2.23. The van der Waals surface area contributed by atoms with E-state index in [0.717, 1.165) is 17.0 Å². The Morgan fingerprint density at radius 1 is 1.10 bits per heavy atom. The number of hydrogen-bond acceptors (Lipinski definition) is 5. The van der Waals surface area contributed by atoms with Crippen LogP contribution in [-0.4, -0.2) is 61.7 Å². The van der Waals surface area contributed by atoms with Crippen LogP contribution in [0.3, 0.4) is 0 Å². The number of urea groups is 1. The molecular formula is C19H17FN4O5S. The fourth-order valence-electron chi connectivity index (χ4n) is 3.36. The van der Waals surface area contributed by atoms with Crippen LogP contribution in [0.2, 0.25) is 0 Å². The summed E-state index contributed by atoms with van der Waals surface area (Å²) in [4.78, 5) is 38.2. The van der Waals surface area contributed by atoms with E-state index in [1.54, 1.807) is 0 Å². The standard InChI is InChI=1S/C19H17FN4O5S/c20-15-6-1-2-7-16(15)30(28,29)22-13-5-3-4-12(8-13)18(26)23-10-14(11-23)24-17(25)9-21-19(24)27/h1-8,14,22H,9-11H2,(H,21,27). The van der Waals surface area contributed by atoms with Crippen LogP contribution in [0, 0.1) is 5.82 Å². The molecular weight excluding hydrogens is 415 g/mol. The van der Waals surface area contributed by atoms with Crippen LogP contribution < -0.4 is 10.0 Å². The maximum Gasteiger partial charge on any atom is 0.324 e. The van der Waals surface area contributed by atoms with E-state index in [-0.39, 0.29) is 48.7 Å². The molecule has 2 N–H and O–H groups in total. The minimum absolute atomic E-state index is 0.0481. The number of carbonyl (C=O) groups excluding carboxylic acids is 3. The Labute approximate surface area is 171 Å². The van der Waals surface area contributed by atoms with Crippen LogP contribution >= 0.6 is 0 Å². The molecule has 0 saturated carbocycles. The van der Waals surface area contributed by atoms with Crippen molar-refractivity contribution in [3.8, 4) is 0 Å². The van der Waals surface area contributed by atoms with E-state index in [0.29, 0.717) is 0 Å². The second-order valence-corrected chi connectivity index (χ2v) is 8.55. The predicted molar refractivity (Wildman–Crippen MR) is 104 cm³/mol. The summed E-state index contributed by atoms with van der Waals surface area (Å²) >= 11 is 0. The molecule has 0 aromatic heterocycles. The van der Waals surface area contributed by atoms with E-state index in [1.807, 2.05) is 0 Å². The number of carbonyl (C=O) groups is 3. The van der Waals surface area contributed by atoms with E-state index >= 15 is 0 Å². The maximum absolute atomic E-state index is 13.8. The molecule has 0 bridgehead atoms. The summed E-state index contributed by atoms with van der Waals surface area (Å²) in [6, 6.07) is 9.93. The average Bonchev–Trinajstić information content (AvgIpc) is 2.99. The largest absolute Gasteiger partial charge is 0.334 e. The monoisotopic (exact) mass is 432 g/mol. The molecule has 0 aliphatic carbocycles. The quantitative estimate of drug-likeness (QED) is 0.684. The van der Waals surface area contributed by atoms with Gasteiger partial charge >= 0.3 is 6.03 Å². The first-order valence-electron chi connectivity index (χ1n) is 9.03. The van der Waals surface area contributed by atoms with Crippen molar-refractivity contribution in [1.29, 1.82) is 0 Å². The Kier molecular flexibility index (Phi) is 4.90. The third-order valence-corrected chi connectivity index (χ3v) is 6.30. The molecule has 0 atom stereocenters. The molecule has 4 amide bonds. The van der Waals surface area contributed by atoms with E-state index in [1.165, 1.54) is 41.3 Å². The lowest BCUT2D eigenvalue weighted by atomic mass is 10.0. The van der Waals surface area contributed by atoms with E-state index in [4.69, 9.17) is 0 Å². The third kappa shape index (κ3) is 3.59. The number of nitrogens with zero attached hydrogens (tertiary/aromatic N) is 2. The zero-order valence-electron chi connectivity index (χ0n) is 15.5. The fraction of sp³-hybridized carbons (Fsp3) is 0.211. The van der Waals surface area contributed by atoms with Crippen molar-refractivity contribution in [2.45, 2.75) is 10.9 Å². The van der Waals surface area contributed by atoms with Crippen molar-refractivity contribution in [1.82, 2.24) is 15.1 Å². The number of sulfonamides is 1. The number of anilines is 1. The van der Waals surface area contributed by atoms with Gasteiger partial charge < -0.3 is 10.2 Å². The lowest BCUT2D eigenvalue weighted by Gasteiger charge is -2.42. The van der Waals surface area contributed by atoms with Gasteiger partial charge in [0.1, 0.15) is 10.7 Å². The zero-order chi connectivity index (χ0) is 21.5. The Hall–Kier alpha value is -3.47. The van der Waals surface area contributed by atoms with Gasteiger partial charge in [0.05, 0.1) is 12.6 Å². The molecule has 2 heterocycles. The van der Waals surface area contributed by atoms with Gasteiger partial charge in [0, 0.05) is 24.3 Å². The Morgan fingerprint density at radius 3 is 2.50 bits per heavy atom. The van der Waals surface area contributed by atoms with Gasteiger partial charge in [-0.15, -0.1) is 0 Å². The topological polar surface area (TPSA) is 116 Å². The first kappa shape index (κ1) is 19.8. The number of halogens is 1. The van der Waals surface area contributed by atoms with Gasteiger partial charge in [0.2, 0.25) is 5.91 Å². The number of imide groups is 1. The summed E-state index contributed by atoms with van der Waals surface area (Å²) in [6.07, 6.45) is 0.